The number of thiophene rings is 1. The number of rotatable bonds is 8. The number of aromatic nitrogens is 3. The van der Waals surface area contributed by atoms with Crippen molar-refractivity contribution in [3.05, 3.63) is 87.3 Å². The van der Waals surface area contributed by atoms with Crippen LogP contribution < -0.4 is 5.32 Å². The molecule has 1 N–H and O–H groups in total. The number of nitro groups is 1. The van der Waals surface area contributed by atoms with E-state index in [1.165, 1.54) is 17.8 Å². The normalized spacial score (nSPS) is 11.8. The van der Waals surface area contributed by atoms with E-state index in [0.29, 0.717) is 11.7 Å². The fourth-order valence-electron chi connectivity index (χ4n) is 3.35. The summed E-state index contributed by atoms with van der Waals surface area (Å²) in [6, 6.07) is 18.0. The molecule has 1 unspecified atom stereocenters. The maximum absolute atomic E-state index is 13.4. The monoisotopic (exact) mass is 479 g/mol. The summed E-state index contributed by atoms with van der Waals surface area (Å²) in [5.74, 6) is 0.373. The van der Waals surface area contributed by atoms with Crippen LogP contribution in [0.5, 0.6) is 0 Å². The maximum Gasteiger partial charge on any atom is 0.293 e. The summed E-state index contributed by atoms with van der Waals surface area (Å²) in [5, 5.41) is 24.9. The van der Waals surface area contributed by atoms with Crippen molar-refractivity contribution in [2.75, 3.05) is 5.32 Å². The number of carbonyl (C=O) groups is 1. The highest BCUT2D eigenvalue weighted by Gasteiger charge is 2.27. The molecule has 2 heterocycles. The molecule has 0 saturated heterocycles. The first-order valence-electron chi connectivity index (χ1n) is 10.2. The van der Waals surface area contributed by atoms with Gasteiger partial charge in [-0.25, -0.2) is 0 Å². The number of carbonyl (C=O) groups excluding carboxylic acids is 1. The highest BCUT2D eigenvalue weighted by molar-refractivity contribution is 8.00. The van der Waals surface area contributed by atoms with Gasteiger partial charge in [0.15, 0.2) is 11.0 Å². The number of nitrogens with zero attached hydrogens (tertiary/aromatic N) is 4. The van der Waals surface area contributed by atoms with Gasteiger partial charge in [-0.3, -0.25) is 14.9 Å². The number of thioether (sulfide) groups is 1. The molecule has 8 nitrogen and oxygen atoms in total. The third kappa shape index (κ3) is 4.96. The van der Waals surface area contributed by atoms with Crippen molar-refractivity contribution < 1.29 is 9.72 Å². The molecule has 0 aliphatic carbocycles. The SMILES string of the molecule is CCn1c(SC(C(=O)Nc2ccc(C)cc2[N+](=O)[O-])c2ccccc2)nnc1-c1cccs1. The second kappa shape index (κ2) is 9.97. The fourth-order valence-corrected chi connectivity index (χ4v) is 5.17. The highest BCUT2D eigenvalue weighted by atomic mass is 32.2. The molecule has 10 heteroatoms. The first-order chi connectivity index (χ1) is 16.0. The molecule has 1 atom stereocenters. The molecule has 0 fully saturated rings. The van der Waals surface area contributed by atoms with Gasteiger partial charge in [-0.05, 0) is 42.5 Å². The van der Waals surface area contributed by atoms with Crippen LogP contribution in [0.1, 0.15) is 23.3 Å². The van der Waals surface area contributed by atoms with Crippen LogP contribution in [0.4, 0.5) is 11.4 Å². The van der Waals surface area contributed by atoms with E-state index in [1.807, 2.05) is 59.3 Å². The van der Waals surface area contributed by atoms with Crippen molar-refractivity contribution >= 4 is 40.4 Å². The van der Waals surface area contributed by atoms with E-state index in [9.17, 15) is 14.9 Å². The highest BCUT2D eigenvalue weighted by Crippen LogP contribution is 2.38. The second-order valence-electron chi connectivity index (χ2n) is 7.20. The molecule has 4 aromatic rings. The van der Waals surface area contributed by atoms with Crippen LogP contribution >= 0.6 is 23.1 Å². The Morgan fingerprint density at radius 3 is 2.64 bits per heavy atom. The average molecular weight is 480 g/mol. The molecule has 0 aliphatic heterocycles. The molecule has 0 radical (unpaired) electrons. The van der Waals surface area contributed by atoms with Crippen LogP contribution in [0.25, 0.3) is 10.7 Å². The van der Waals surface area contributed by atoms with Gasteiger partial charge in [0.05, 0.1) is 9.80 Å². The lowest BCUT2D eigenvalue weighted by Gasteiger charge is -2.17. The van der Waals surface area contributed by atoms with Gasteiger partial charge in [0, 0.05) is 12.6 Å². The number of anilines is 1. The molecule has 1 amide bonds. The number of hydrogen-bond donors (Lipinski definition) is 1. The van der Waals surface area contributed by atoms with Gasteiger partial charge in [0.2, 0.25) is 5.91 Å². The number of hydrogen-bond acceptors (Lipinski definition) is 7. The first-order valence-corrected chi connectivity index (χ1v) is 12.0. The van der Waals surface area contributed by atoms with Gasteiger partial charge in [0.25, 0.3) is 5.69 Å². The van der Waals surface area contributed by atoms with Gasteiger partial charge >= 0.3 is 0 Å². The van der Waals surface area contributed by atoms with Crippen LogP contribution in [-0.2, 0) is 11.3 Å². The van der Waals surface area contributed by atoms with Crippen molar-refractivity contribution in [2.45, 2.75) is 30.8 Å². The van der Waals surface area contributed by atoms with Crippen LogP contribution in [-0.4, -0.2) is 25.6 Å². The number of benzene rings is 2. The molecule has 2 aromatic carbocycles. The predicted octanol–water partition coefficient (Wildman–Crippen LogP) is 5.72. The number of nitro benzene ring substituents is 1. The molecule has 33 heavy (non-hydrogen) atoms. The van der Waals surface area contributed by atoms with E-state index in [-0.39, 0.29) is 17.3 Å². The summed E-state index contributed by atoms with van der Waals surface area (Å²) in [6.07, 6.45) is 0. The fraction of sp³-hybridized carbons (Fsp3) is 0.174. The Morgan fingerprint density at radius 1 is 1.18 bits per heavy atom. The molecule has 4 rings (SSSR count). The lowest BCUT2D eigenvalue weighted by molar-refractivity contribution is -0.384. The van der Waals surface area contributed by atoms with E-state index in [0.717, 1.165) is 21.8 Å². The Labute approximate surface area is 198 Å². The standard InChI is InChI=1S/C23H21N5O3S2/c1-3-27-21(19-10-7-13-32-19)25-26-23(27)33-20(16-8-5-4-6-9-16)22(29)24-17-12-11-15(2)14-18(17)28(30)31/h4-14,20H,3H2,1-2H3,(H,24,29). The molecule has 0 spiro atoms. The van der Waals surface area contributed by atoms with Gasteiger partial charge < -0.3 is 9.88 Å². The molecule has 0 aliphatic rings. The molecular weight excluding hydrogens is 458 g/mol. The Morgan fingerprint density at radius 2 is 1.97 bits per heavy atom. The van der Waals surface area contributed by atoms with Crippen molar-refractivity contribution in [3.63, 3.8) is 0 Å². The van der Waals surface area contributed by atoms with Crippen molar-refractivity contribution in [3.8, 4) is 10.7 Å². The zero-order valence-corrected chi connectivity index (χ0v) is 19.6. The number of aryl methyl sites for hydroxylation is 1. The van der Waals surface area contributed by atoms with Crippen LogP contribution in [0, 0.1) is 17.0 Å². The third-order valence-corrected chi connectivity index (χ3v) is 7.05. The zero-order valence-electron chi connectivity index (χ0n) is 18.0. The largest absolute Gasteiger partial charge is 0.319 e. The van der Waals surface area contributed by atoms with E-state index < -0.39 is 10.2 Å². The number of amides is 1. The van der Waals surface area contributed by atoms with Crippen molar-refractivity contribution in [1.82, 2.24) is 14.8 Å². The minimum absolute atomic E-state index is 0.142. The summed E-state index contributed by atoms with van der Waals surface area (Å²) in [5.41, 5.74) is 1.52. The third-order valence-electron chi connectivity index (χ3n) is 4.95. The van der Waals surface area contributed by atoms with Gasteiger partial charge in [-0.1, -0.05) is 54.2 Å². The van der Waals surface area contributed by atoms with E-state index >= 15 is 0 Å². The molecule has 0 bridgehead atoms. The lowest BCUT2D eigenvalue weighted by Crippen LogP contribution is -2.20. The minimum Gasteiger partial charge on any atom is -0.319 e. The Hall–Kier alpha value is -3.50. The molecule has 168 valence electrons. The first kappa shape index (κ1) is 22.7. The summed E-state index contributed by atoms with van der Waals surface area (Å²) in [7, 11) is 0. The average Bonchev–Trinajstić information content (AvgIpc) is 3.48. The van der Waals surface area contributed by atoms with Crippen LogP contribution in [0.2, 0.25) is 0 Å². The Bertz CT molecular complexity index is 1270. The van der Waals surface area contributed by atoms with Crippen LogP contribution in [0.3, 0.4) is 0 Å². The molecule has 2 aromatic heterocycles. The van der Waals surface area contributed by atoms with Crippen LogP contribution in [0.15, 0.2) is 71.2 Å². The van der Waals surface area contributed by atoms with Gasteiger partial charge in [-0.2, -0.15) is 0 Å². The van der Waals surface area contributed by atoms with E-state index in [1.54, 1.807) is 30.4 Å². The van der Waals surface area contributed by atoms with Gasteiger partial charge in [0.1, 0.15) is 10.9 Å². The Balaban J connectivity index is 1.68. The molecular formula is C23H21N5O3S2. The quantitative estimate of drug-likeness (QED) is 0.197. The summed E-state index contributed by atoms with van der Waals surface area (Å²) in [6.45, 7) is 4.40. The van der Waals surface area contributed by atoms with Crippen molar-refractivity contribution in [1.29, 1.82) is 0 Å². The summed E-state index contributed by atoms with van der Waals surface area (Å²) < 4.78 is 1.97. The smallest absolute Gasteiger partial charge is 0.293 e. The number of nitrogens with one attached hydrogen (secondary N) is 1. The topological polar surface area (TPSA) is 103 Å². The Kier molecular flexibility index (Phi) is 6.85. The van der Waals surface area contributed by atoms with Gasteiger partial charge in [-0.15, -0.1) is 21.5 Å². The lowest BCUT2D eigenvalue weighted by atomic mass is 10.1. The maximum atomic E-state index is 13.4. The van der Waals surface area contributed by atoms with Crippen molar-refractivity contribution in [2.24, 2.45) is 0 Å². The van der Waals surface area contributed by atoms with E-state index in [4.69, 9.17) is 0 Å². The predicted molar refractivity (Wildman–Crippen MR) is 131 cm³/mol. The summed E-state index contributed by atoms with van der Waals surface area (Å²) >= 11 is 2.84. The minimum atomic E-state index is -0.683. The summed E-state index contributed by atoms with van der Waals surface area (Å²) in [4.78, 5) is 25.4. The zero-order chi connectivity index (χ0) is 23.4. The van der Waals surface area contributed by atoms with E-state index in [2.05, 4.69) is 15.5 Å². The second-order valence-corrected chi connectivity index (χ2v) is 9.22. The molecule has 0 saturated carbocycles.